The number of nitrogens with one attached hydrogen (secondary N) is 1. The van der Waals surface area contributed by atoms with Gasteiger partial charge in [0.15, 0.2) is 0 Å². The first-order valence-corrected chi connectivity index (χ1v) is 6.96. The molecule has 1 aromatic rings. The van der Waals surface area contributed by atoms with E-state index in [4.69, 9.17) is 17.0 Å². The number of ether oxygens (including phenoxy) is 1. The van der Waals surface area contributed by atoms with E-state index in [1.54, 1.807) is 0 Å². The molecule has 1 N–H and O–H groups in total. The average molecular weight is 279 g/mol. The largest absolute Gasteiger partial charge is 0.456 e. The van der Waals surface area contributed by atoms with Crippen molar-refractivity contribution in [3.8, 4) is 0 Å². The highest BCUT2D eigenvalue weighted by Gasteiger charge is 2.22. The summed E-state index contributed by atoms with van der Waals surface area (Å²) in [5.74, 6) is 0.137. The maximum Gasteiger partial charge on any atom is 0.329 e. The highest BCUT2D eigenvalue weighted by Crippen LogP contribution is 2.18. The van der Waals surface area contributed by atoms with Gasteiger partial charge >= 0.3 is 5.97 Å². The van der Waals surface area contributed by atoms with E-state index in [0.717, 1.165) is 5.56 Å². The molecule has 4 heteroatoms. The molecule has 0 radical (unpaired) electrons. The molecule has 0 aliphatic heterocycles. The summed E-state index contributed by atoms with van der Waals surface area (Å²) in [6.45, 7) is 6.00. The van der Waals surface area contributed by atoms with E-state index in [0.29, 0.717) is 12.3 Å². The van der Waals surface area contributed by atoms with E-state index in [9.17, 15) is 4.79 Å². The fourth-order valence-corrected chi connectivity index (χ4v) is 2.00. The molecule has 0 saturated carbocycles. The molecular formula is C15H21NO2S. The van der Waals surface area contributed by atoms with Crippen LogP contribution >= 0.6 is 12.2 Å². The van der Waals surface area contributed by atoms with Crippen molar-refractivity contribution in [2.45, 2.75) is 39.3 Å². The zero-order chi connectivity index (χ0) is 14.3. The van der Waals surface area contributed by atoms with Crippen LogP contribution in [-0.2, 0) is 9.53 Å². The van der Waals surface area contributed by atoms with Gasteiger partial charge in [-0.2, -0.15) is 0 Å². The van der Waals surface area contributed by atoms with Crippen molar-refractivity contribution in [2.75, 3.05) is 0 Å². The van der Waals surface area contributed by atoms with E-state index in [2.05, 4.69) is 19.2 Å². The smallest absolute Gasteiger partial charge is 0.329 e. The number of esters is 1. The van der Waals surface area contributed by atoms with Crippen LogP contribution in [0.15, 0.2) is 30.3 Å². The molecule has 19 heavy (non-hydrogen) atoms. The van der Waals surface area contributed by atoms with E-state index < -0.39 is 0 Å². The zero-order valence-corrected chi connectivity index (χ0v) is 12.4. The first-order valence-electron chi connectivity index (χ1n) is 6.49. The lowest BCUT2D eigenvalue weighted by Crippen LogP contribution is -2.38. The van der Waals surface area contributed by atoms with Crippen molar-refractivity contribution in [1.29, 1.82) is 0 Å². The van der Waals surface area contributed by atoms with Crippen molar-refractivity contribution in [1.82, 2.24) is 5.32 Å². The summed E-state index contributed by atoms with van der Waals surface area (Å²) in [5.41, 5.74) is 2.36. The third-order valence-corrected chi connectivity index (χ3v) is 2.96. The third kappa shape index (κ3) is 5.39. The first kappa shape index (κ1) is 15.6. The summed E-state index contributed by atoms with van der Waals surface area (Å²) in [4.78, 5) is 12.1. The maximum absolute atomic E-state index is 12.1. The van der Waals surface area contributed by atoms with Crippen molar-refractivity contribution < 1.29 is 9.53 Å². The van der Waals surface area contributed by atoms with Gasteiger partial charge in [0.2, 0.25) is 0 Å². The lowest BCUT2D eigenvalue weighted by Gasteiger charge is -2.21. The molecule has 3 nitrogen and oxygen atoms in total. The number of benzene rings is 1. The van der Waals surface area contributed by atoms with Crippen LogP contribution in [0.3, 0.4) is 0 Å². The van der Waals surface area contributed by atoms with E-state index >= 15 is 0 Å². The van der Waals surface area contributed by atoms with Gasteiger partial charge in [0.25, 0.3) is 0 Å². The molecule has 0 fully saturated rings. The number of thiocarbonyl (C=S) groups is 1. The van der Waals surface area contributed by atoms with Crippen LogP contribution in [0, 0.1) is 5.92 Å². The summed E-state index contributed by atoms with van der Waals surface area (Å²) < 4.78 is 5.48. The lowest BCUT2D eigenvalue weighted by atomic mass is 10.0. The molecule has 0 saturated heterocycles. The molecule has 1 aromatic carbocycles. The van der Waals surface area contributed by atoms with Gasteiger partial charge in [-0.3, -0.25) is 0 Å². The Bertz CT molecular complexity index is 406. The van der Waals surface area contributed by atoms with Crippen LogP contribution in [0.5, 0.6) is 0 Å². The molecule has 1 rings (SSSR count). The summed E-state index contributed by atoms with van der Waals surface area (Å²) in [7, 11) is 0. The molecule has 0 bridgehead atoms. The van der Waals surface area contributed by atoms with Crippen molar-refractivity contribution in [3.05, 3.63) is 35.9 Å². The lowest BCUT2D eigenvalue weighted by molar-refractivity contribution is -0.151. The molecule has 0 aromatic heterocycles. The second-order valence-corrected chi connectivity index (χ2v) is 5.19. The van der Waals surface area contributed by atoms with Gasteiger partial charge < -0.3 is 10.1 Å². The number of hydrogen-bond donors (Lipinski definition) is 1. The molecule has 0 amide bonds. The molecule has 0 heterocycles. The highest BCUT2D eigenvalue weighted by molar-refractivity contribution is 7.78. The van der Waals surface area contributed by atoms with E-state index in [-0.39, 0.29) is 18.1 Å². The number of rotatable bonds is 7. The fourth-order valence-electron chi connectivity index (χ4n) is 1.83. The van der Waals surface area contributed by atoms with Crippen LogP contribution in [0.25, 0.3) is 0 Å². The minimum atomic E-state index is -0.372. The second-order valence-electron chi connectivity index (χ2n) is 4.96. The van der Waals surface area contributed by atoms with Crippen LogP contribution in [0.2, 0.25) is 0 Å². The van der Waals surface area contributed by atoms with Crippen LogP contribution in [0.4, 0.5) is 0 Å². The van der Waals surface area contributed by atoms with Crippen molar-refractivity contribution in [2.24, 2.45) is 5.92 Å². The maximum atomic E-state index is 12.1. The average Bonchev–Trinajstić information content (AvgIpc) is 2.38. The monoisotopic (exact) mass is 279 g/mol. The van der Waals surface area contributed by atoms with E-state index in [1.165, 1.54) is 5.49 Å². The number of carbonyl (C=O) groups is 1. The number of hydrogen-bond acceptors (Lipinski definition) is 3. The SMILES string of the molecule is CC(C)C[C@H](NC=S)C(=O)OC(C)c1ccccc1. The Morgan fingerprint density at radius 1 is 1.32 bits per heavy atom. The van der Waals surface area contributed by atoms with Crippen LogP contribution in [-0.4, -0.2) is 17.5 Å². The van der Waals surface area contributed by atoms with Crippen molar-refractivity contribution >= 4 is 23.7 Å². The molecule has 1 unspecified atom stereocenters. The predicted octanol–water partition coefficient (Wildman–Crippen LogP) is 3.25. The Morgan fingerprint density at radius 3 is 2.47 bits per heavy atom. The van der Waals surface area contributed by atoms with Gasteiger partial charge in [-0.1, -0.05) is 56.4 Å². The standard InChI is InChI=1S/C15H21NO2S/c1-11(2)9-14(16-10-19)15(17)18-12(3)13-7-5-4-6-8-13/h4-8,10-12,14H,9H2,1-3H3,(H,16,19)/t12?,14-/m0/s1. The van der Waals surface area contributed by atoms with Gasteiger partial charge in [-0.25, -0.2) is 4.79 Å². The molecular weight excluding hydrogens is 258 g/mol. The fraction of sp³-hybridized carbons (Fsp3) is 0.467. The molecule has 0 aliphatic rings. The topological polar surface area (TPSA) is 38.3 Å². The zero-order valence-electron chi connectivity index (χ0n) is 11.6. The first-order chi connectivity index (χ1) is 9.04. The van der Waals surface area contributed by atoms with Gasteiger partial charge in [-0.15, -0.1) is 0 Å². The molecule has 2 atom stereocenters. The van der Waals surface area contributed by atoms with Gasteiger partial charge in [0.1, 0.15) is 12.1 Å². The number of carbonyl (C=O) groups excluding carboxylic acids is 1. The third-order valence-electron chi connectivity index (χ3n) is 2.82. The van der Waals surface area contributed by atoms with Crippen LogP contribution < -0.4 is 5.32 Å². The Balaban J connectivity index is 2.63. The summed E-state index contributed by atoms with van der Waals surface area (Å²) >= 11 is 4.76. The predicted molar refractivity (Wildman–Crippen MR) is 81.0 cm³/mol. The Hall–Kier alpha value is -1.42. The van der Waals surface area contributed by atoms with Crippen molar-refractivity contribution in [3.63, 3.8) is 0 Å². The van der Waals surface area contributed by atoms with E-state index in [1.807, 2.05) is 37.3 Å². The molecule has 0 spiro atoms. The summed E-state index contributed by atoms with van der Waals surface area (Å²) in [6.07, 6.45) is 0.448. The Morgan fingerprint density at radius 2 is 1.95 bits per heavy atom. The van der Waals surface area contributed by atoms with Gasteiger partial charge in [-0.05, 0) is 24.8 Å². The summed E-state index contributed by atoms with van der Waals surface area (Å²) in [5, 5.41) is 2.89. The van der Waals surface area contributed by atoms with Crippen LogP contribution in [0.1, 0.15) is 38.9 Å². The van der Waals surface area contributed by atoms with Gasteiger partial charge in [0.05, 0.1) is 5.49 Å². The minimum Gasteiger partial charge on any atom is -0.456 e. The van der Waals surface area contributed by atoms with Gasteiger partial charge in [0, 0.05) is 0 Å². The quantitative estimate of drug-likeness (QED) is 0.614. The highest BCUT2D eigenvalue weighted by atomic mass is 32.1. The normalized spacial score (nSPS) is 13.7. The minimum absolute atomic E-state index is 0.254. The molecule has 104 valence electrons. The molecule has 0 aliphatic carbocycles. The Kier molecular flexibility index (Phi) is 6.50. The summed E-state index contributed by atoms with van der Waals surface area (Å²) in [6, 6.07) is 9.32. The second kappa shape index (κ2) is 7.89. The Labute approximate surface area is 120 Å².